The van der Waals surface area contributed by atoms with E-state index in [1.165, 1.54) is 18.2 Å². The number of ether oxygens (including phenoxy) is 1. The summed E-state index contributed by atoms with van der Waals surface area (Å²) in [5.74, 6) is -1.05. The standard InChI is InChI=1S/C18H23F3N4O2.ClH/c1-11(2)15(25-5-7-27-8-6-25)10-22-16(26)12-3-4-13-14(9-12)24-17(23-13)18(19,20)21;/h3-4,9,11,15H,5-8,10H2,1-2H3,(H,22,26)(H,23,24);1H. The Hall–Kier alpha value is -1.84. The number of fused-ring (bicyclic) bond motifs is 1. The van der Waals surface area contributed by atoms with Crippen molar-refractivity contribution in [3.63, 3.8) is 0 Å². The van der Waals surface area contributed by atoms with Gasteiger partial charge in [-0.3, -0.25) is 9.69 Å². The van der Waals surface area contributed by atoms with E-state index in [0.29, 0.717) is 31.2 Å². The lowest BCUT2D eigenvalue weighted by molar-refractivity contribution is -0.144. The molecule has 1 aromatic carbocycles. The van der Waals surface area contributed by atoms with Crippen LogP contribution in [-0.4, -0.2) is 59.7 Å². The molecule has 0 saturated carbocycles. The molecule has 0 spiro atoms. The molecule has 0 radical (unpaired) electrons. The minimum atomic E-state index is -4.55. The zero-order valence-corrected chi connectivity index (χ0v) is 16.5. The van der Waals surface area contributed by atoms with Crippen LogP contribution in [0.4, 0.5) is 13.2 Å². The molecule has 0 bridgehead atoms. The fourth-order valence-electron chi connectivity index (χ4n) is 3.28. The highest BCUT2D eigenvalue weighted by Gasteiger charge is 2.34. The summed E-state index contributed by atoms with van der Waals surface area (Å²) >= 11 is 0. The monoisotopic (exact) mass is 420 g/mol. The van der Waals surface area contributed by atoms with Crippen molar-refractivity contribution in [3.8, 4) is 0 Å². The second-order valence-corrected chi connectivity index (χ2v) is 6.98. The molecule has 2 N–H and O–H groups in total. The van der Waals surface area contributed by atoms with E-state index in [1.54, 1.807) is 0 Å². The van der Waals surface area contributed by atoms with Crippen LogP contribution in [0.2, 0.25) is 0 Å². The summed E-state index contributed by atoms with van der Waals surface area (Å²) < 4.78 is 43.7. The number of rotatable bonds is 5. The molecule has 28 heavy (non-hydrogen) atoms. The van der Waals surface area contributed by atoms with Gasteiger partial charge in [0.05, 0.1) is 24.2 Å². The Balaban J connectivity index is 0.00000280. The van der Waals surface area contributed by atoms with Crippen LogP contribution in [0.25, 0.3) is 11.0 Å². The van der Waals surface area contributed by atoms with E-state index >= 15 is 0 Å². The first kappa shape index (κ1) is 22.4. The van der Waals surface area contributed by atoms with Gasteiger partial charge in [0.1, 0.15) is 0 Å². The van der Waals surface area contributed by atoms with Gasteiger partial charge >= 0.3 is 6.18 Å². The average Bonchev–Trinajstić information content (AvgIpc) is 3.06. The van der Waals surface area contributed by atoms with Crippen LogP contribution >= 0.6 is 12.4 Å². The number of benzene rings is 1. The molecule has 2 heterocycles. The molecule has 1 unspecified atom stereocenters. The zero-order chi connectivity index (χ0) is 19.6. The smallest absolute Gasteiger partial charge is 0.379 e. The van der Waals surface area contributed by atoms with Gasteiger partial charge in [0.25, 0.3) is 5.91 Å². The highest BCUT2D eigenvalue weighted by Crippen LogP contribution is 2.28. The number of hydrogen-bond donors (Lipinski definition) is 2. The molecule has 1 aromatic heterocycles. The number of amides is 1. The maximum atomic E-state index is 12.8. The summed E-state index contributed by atoms with van der Waals surface area (Å²) in [6.07, 6.45) is -4.55. The predicted octanol–water partition coefficient (Wildman–Crippen LogP) is 3.09. The van der Waals surface area contributed by atoms with Crippen LogP contribution in [0.3, 0.4) is 0 Å². The molecular formula is C18H24ClF3N4O2. The molecule has 0 aliphatic carbocycles. The number of alkyl halides is 3. The number of carbonyl (C=O) groups excluding carboxylic acids is 1. The topological polar surface area (TPSA) is 70.2 Å². The SMILES string of the molecule is CC(C)C(CNC(=O)c1ccc2nc(C(F)(F)F)[nH]c2c1)N1CCOCC1.Cl. The van der Waals surface area contributed by atoms with Gasteiger partial charge in [0.2, 0.25) is 5.82 Å². The van der Waals surface area contributed by atoms with Gasteiger partial charge in [-0.2, -0.15) is 13.2 Å². The lowest BCUT2D eigenvalue weighted by Gasteiger charge is -2.36. The molecule has 156 valence electrons. The molecule has 1 amide bonds. The molecule has 3 rings (SSSR count). The van der Waals surface area contributed by atoms with E-state index in [-0.39, 0.29) is 35.4 Å². The molecule has 6 nitrogen and oxygen atoms in total. The largest absolute Gasteiger partial charge is 0.449 e. The number of morpholine rings is 1. The van der Waals surface area contributed by atoms with E-state index in [0.717, 1.165) is 13.1 Å². The minimum absolute atomic E-state index is 0. The molecule has 10 heteroatoms. The molecular weight excluding hydrogens is 397 g/mol. The highest BCUT2D eigenvalue weighted by molar-refractivity contribution is 5.97. The van der Waals surface area contributed by atoms with Gasteiger partial charge in [-0.1, -0.05) is 13.8 Å². The van der Waals surface area contributed by atoms with Gasteiger partial charge in [0.15, 0.2) is 0 Å². The van der Waals surface area contributed by atoms with Crippen molar-refractivity contribution >= 4 is 29.3 Å². The zero-order valence-electron chi connectivity index (χ0n) is 15.7. The van der Waals surface area contributed by atoms with Crippen molar-refractivity contribution in [1.82, 2.24) is 20.2 Å². The Morgan fingerprint density at radius 2 is 2.00 bits per heavy atom. The fraction of sp³-hybridized carbons (Fsp3) is 0.556. The first-order valence-electron chi connectivity index (χ1n) is 8.92. The maximum Gasteiger partial charge on any atom is 0.449 e. The molecule has 1 saturated heterocycles. The Kier molecular flexibility index (Phi) is 7.30. The minimum Gasteiger partial charge on any atom is -0.379 e. The van der Waals surface area contributed by atoms with Crippen molar-refractivity contribution in [2.24, 2.45) is 5.92 Å². The summed E-state index contributed by atoms with van der Waals surface area (Å²) in [5.41, 5.74) is 0.653. The lowest BCUT2D eigenvalue weighted by atomic mass is 10.0. The van der Waals surface area contributed by atoms with Gasteiger partial charge in [-0.15, -0.1) is 12.4 Å². The summed E-state index contributed by atoms with van der Waals surface area (Å²) in [6.45, 7) is 7.65. The normalized spacial score (nSPS) is 16.8. The van der Waals surface area contributed by atoms with Gasteiger partial charge < -0.3 is 15.0 Å². The summed E-state index contributed by atoms with van der Waals surface area (Å²) in [7, 11) is 0. The molecule has 1 atom stereocenters. The number of H-pyrrole nitrogens is 1. The fourth-order valence-corrected chi connectivity index (χ4v) is 3.28. The van der Waals surface area contributed by atoms with E-state index in [9.17, 15) is 18.0 Å². The second-order valence-electron chi connectivity index (χ2n) is 6.98. The maximum absolute atomic E-state index is 12.8. The van der Waals surface area contributed by atoms with Gasteiger partial charge in [-0.05, 0) is 24.1 Å². The number of hydrogen-bond acceptors (Lipinski definition) is 4. The summed E-state index contributed by atoms with van der Waals surface area (Å²) in [4.78, 5) is 20.5. The third kappa shape index (κ3) is 5.15. The van der Waals surface area contributed by atoms with E-state index in [2.05, 4.69) is 34.0 Å². The van der Waals surface area contributed by atoms with Crippen molar-refractivity contribution in [2.45, 2.75) is 26.1 Å². The number of aromatic nitrogens is 2. The van der Waals surface area contributed by atoms with Gasteiger partial charge in [-0.25, -0.2) is 4.98 Å². The molecule has 2 aromatic rings. The van der Waals surface area contributed by atoms with Crippen molar-refractivity contribution in [3.05, 3.63) is 29.6 Å². The quantitative estimate of drug-likeness (QED) is 0.779. The average molecular weight is 421 g/mol. The van der Waals surface area contributed by atoms with Crippen molar-refractivity contribution in [2.75, 3.05) is 32.8 Å². The van der Waals surface area contributed by atoms with Crippen molar-refractivity contribution in [1.29, 1.82) is 0 Å². The Morgan fingerprint density at radius 1 is 1.32 bits per heavy atom. The molecule has 1 aliphatic heterocycles. The van der Waals surface area contributed by atoms with Crippen LogP contribution in [0.5, 0.6) is 0 Å². The number of carbonyl (C=O) groups is 1. The van der Waals surface area contributed by atoms with Crippen LogP contribution in [0, 0.1) is 5.92 Å². The highest BCUT2D eigenvalue weighted by atomic mass is 35.5. The Morgan fingerprint density at radius 3 is 2.61 bits per heavy atom. The van der Waals surface area contributed by atoms with Crippen LogP contribution in [-0.2, 0) is 10.9 Å². The first-order valence-corrected chi connectivity index (χ1v) is 8.92. The predicted molar refractivity (Wildman–Crippen MR) is 102 cm³/mol. The van der Waals surface area contributed by atoms with Crippen LogP contribution in [0.15, 0.2) is 18.2 Å². The third-order valence-corrected chi connectivity index (χ3v) is 4.77. The number of nitrogens with zero attached hydrogens (tertiary/aromatic N) is 2. The number of imidazole rings is 1. The lowest BCUT2D eigenvalue weighted by Crippen LogP contribution is -2.51. The molecule has 1 fully saturated rings. The second kappa shape index (κ2) is 9.11. The Bertz CT molecular complexity index is 804. The number of aromatic amines is 1. The third-order valence-electron chi connectivity index (χ3n) is 4.77. The van der Waals surface area contributed by atoms with Gasteiger partial charge in [0, 0.05) is 31.2 Å². The van der Waals surface area contributed by atoms with E-state index in [1.807, 2.05) is 0 Å². The number of nitrogens with one attached hydrogen (secondary N) is 2. The summed E-state index contributed by atoms with van der Waals surface area (Å²) in [6, 6.07) is 4.47. The Labute approximate surface area is 167 Å². The van der Waals surface area contributed by atoms with Crippen LogP contribution in [0.1, 0.15) is 30.0 Å². The van der Waals surface area contributed by atoms with E-state index < -0.39 is 12.0 Å². The summed E-state index contributed by atoms with van der Waals surface area (Å²) in [5, 5.41) is 2.90. The molecule has 1 aliphatic rings. The van der Waals surface area contributed by atoms with E-state index in [4.69, 9.17) is 4.74 Å². The van der Waals surface area contributed by atoms with Crippen LogP contribution < -0.4 is 5.32 Å². The first-order chi connectivity index (χ1) is 12.8. The number of halogens is 4. The van der Waals surface area contributed by atoms with Crippen molar-refractivity contribution < 1.29 is 22.7 Å².